The summed E-state index contributed by atoms with van der Waals surface area (Å²) in [5, 5.41) is 0. The van der Waals surface area contributed by atoms with Crippen molar-refractivity contribution in [2.24, 2.45) is 0 Å². The Bertz CT molecular complexity index is 164. The molecule has 0 saturated carbocycles. The monoisotopic (exact) mass is 118 g/mol. The van der Waals surface area contributed by atoms with Gasteiger partial charge in [0.05, 0.1) is 0 Å². The maximum absolute atomic E-state index is 2.66. The van der Waals surface area contributed by atoms with Gasteiger partial charge in [0, 0.05) is 0 Å². The molecule has 0 aliphatic rings. The van der Waals surface area contributed by atoms with Crippen molar-refractivity contribution in [1.82, 2.24) is 0 Å². The minimum atomic E-state index is 1.25. The van der Waals surface area contributed by atoms with E-state index in [2.05, 4.69) is 47.5 Å². The zero-order chi connectivity index (χ0) is 5.98. The van der Waals surface area contributed by atoms with E-state index in [4.69, 9.17) is 0 Å². The Morgan fingerprint density at radius 1 is 1.38 bits per heavy atom. The van der Waals surface area contributed by atoms with Crippen LogP contribution in [-0.2, 0) is 0 Å². The third-order valence-electron chi connectivity index (χ3n) is 1.04. The van der Waals surface area contributed by atoms with Gasteiger partial charge in [0.15, 0.2) is 0 Å². The van der Waals surface area contributed by atoms with Crippen LogP contribution in [0.25, 0.3) is 0 Å². The molecule has 0 heterocycles. The zero-order valence-electron chi connectivity index (χ0n) is 4.89. The second-order valence-corrected chi connectivity index (χ2v) is 2.58. The Morgan fingerprint density at radius 3 is 2.50 bits per heavy atom. The van der Waals surface area contributed by atoms with E-state index in [1.165, 1.54) is 9.99 Å². The van der Waals surface area contributed by atoms with Crippen molar-refractivity contribution >= 4 is 20.7 Å². The second kappa shape index (κ2) is 2.35. The average Bonchev–Trinajstić information content (AvgIpc) is 1.64. The third kappa shape index (κ3) is 1.37. The van der Waals surface area contributed by atoms with Gasteiger partial charge in [-0.1, -0.05) is 0 Å². The molecule has 0 spiro atoms. The van der Waals surface area contributed by atoms with E-state index in [9.17, 15) is 0 Å². The van der Waals surface area contributed by atoms with Gasteiger partial charge >= 0.3 is 57.5 Å². The molecule has 0 unspecified atom stereocenters. The standard InChI is InChI=1S/C7H7.Al/c1-7-5-3-2-4-6-7;/h2-3,5-6H,1H3;/q;+2. The van der Waals surface area contributed by atoms with E-state index in [0.717, 1.165) is 0 Å². The van der Waals surface area contributed by atoms with Gasteiger partial charge in [0.1, 0.15) is 0 Å². The molecule has 0 saturated heterocycles. The predicted octanol–water partition coefficient (Wildman–Crippen LogP) is 0.789. The molecule has 0 nitrogen and oxygen atoms in total. The molecule has 0 bridgehead atoms. The first-order valence-electron chi connectivity index (χ1n) is 2.61. The Labute approximate surface area is 58.0 Å². The molecule has 0 amide bonds. The molecule has 0 radical (unpaired) electrons. The van der Waals surface area contributed by atoms with Crippen molar-refractivity contribution in [1.29, 1.82) is 0 Å². The molecule has 0 aliphatic carbocycles. The molecule has 1 aromatic carbocycles. The van der Waals surface area contributed by atoms with Crippen LogP contribution < -0.4 is 4.43 Å². The van der Waals surface area contributed by atoms with E-state index in [0.29, 0.717) is 0 Å². The molecule has 0 aliphatic heterocycles. The summed E-state index contributed by atoms with van der Waals surface area (Å²) in [7, 11) is 0. The van der Waals surface area contributed by atoms with Gasteiger partial charge in [-0.05, 0) is 0 Å². The van der Waals surface area contributed by atoms with Crippen molar-refractivity contribution in [3.63, 3.8) is 0 Å². The Hall–Kier alpha value is -0.248. The first-order chi connectivity index (χ1) is 3.79. The maximum atomic E-state index is 2.66. The quantitative estimate of drug-likeness (QED) is 0.442. The van der Waals surface area contributed by atoms with Gasteiger partial charge < -0.3 is 0 Å². The van der Waals surface area contributed by atoms with Gasteiger partial charge in [-0.2, -0.15) is 0 Å². The summed E-state index contributed by atoms with van der Waals surface area (Å²) in [4.78, 5) is 0. The molecule has 0 fully saturated rings. The number of hydrogen-bond acceptors (Lipinski definition) is 0. The Balaban J connectivity index is 3.08. The fourth-order valence-electron chi connectivity index (χ4n) is 0.670. The van der Waals surface area contributed by atoms with Gasteiger partial charge in [-0.3, -0.25) is 0 Å². The molecule has 36 valence electrons. The second-order valence-electron chi connectivity index (χ2n) is 1.91. The SMILES string of the molecule is Cc1ccc[c]([Al+2])c1. The van der Waals surface area contributed by atoms with Crippen LogP contribution in [0.5, 0.6) is 0 Å². The minimum absolute atomic E-state index is 1.25. The van der Waals surface area contributed by atoms with Crippen LogP contribution in [0.15, 0.2) is 24.3 Å². The topological polar surface area (TPSA) is 0 Å². The van der Waals surface area contributed by atoms with Gasteiger partial charge in [0.25, 0.3) is 0 Å². The molecule has 8 heavy (non-hydrogen) atoms. The van der Waals surface area contributed by atoms with Crippen LogP contribution in [0.4, 0.5) is 0 Å². The van der Waals surface area contributed by atoms with Crippen LogP contribution in [0.2, 0.25) is 0 Å². The van der Waals surface area contributed by atoms with Crippen molar-refractivity contribution < 1.29 is 0 Å². The number of aryl methyl sites for hydroxylation is 1. The van der Waals surface area contributed by atoms with E-state index in [1.807, 2.05) is 0 Å². The number of rotatable bonds is 0. The molecule has 1 aromatic rings. The molecule has 0 atom stereocenters. The summed E-state index contributed by atoms with van der Waals surface area (Å²) in [5.41, 5.74) is 1.32. The summed E-state index contributed by atoms with van der Waals surface area (Å²) in [6.07, 6.45) is 0. The number of hydrogen-bond donors (Lipinski definition) is 0. The predicted molar refractivity (Wildman–Crippen MR) is 36.6 cm³/mol. The van der Waals surface area contributed by atoms with Crippen LogP contribution in [0, 0.1) is 6.92 Å². The van der Waals surface area contributed by atoms with Crippen LogP contribution in [0.3, 0.4) is 0 Å². The molecule has 1 rings (SSSR count). The van der Waals surface area contributed by atoms with E-state index in [1.54, 1.807) is 0 Å². The van der Waals surface area contributed by atoms with Crippen molar-refractivity contribution in [2.45, 2.75) is 6.92 Å². The molecular weight excluding hydrogens is 111 g/mol. The van der Waals surface area contributed by atoms with Gasteiger partial charge in [0.2, 0.25) is 0 Å². The average molecular weight is 118 g/mol. The molecule has 0 aromatic heterocycles. The van der Waals surface area contributed by atoms with Crippen LogP contribution >= 0.6 is 0 Å². The summed E-state index contributed by atoms with van der Waals surface area (Å²) in [5.74, 6) is 0. The van der Waals surface area contributed by atoms with E-state index >= 15 is 0 Å². The molecular formula is C7H7Al+2. The van der Waals surface area contributed by atoms with Crippen molar-refractivity contribution in [3.8, 4) is 0 Å². The molecule has 1 heteroatoms. The molecule has 0 N–H and O–H groups in total. The van der Waals surface area contributed by atoms with Gasteiger partial charge in [-0.15, -0.1) is 0 Å². The van der Waals surface area contributed by atoms with E-state index in [-0.39, 0.29) is 0 Å². The Kier molecular flexibility index (Phi) is 1.73. The summed E-state index contributed by atoms with van der Waals surface area (Å²) in [6, 6.07) is 8.34. The van der Waals surface area contributed by atoms with E-state index < -0.39 is 0 Å². The summed E-state index contributed by atoms with van der Waals surface area (Å²) < 4.78 is 1.25. The first kappa shape index (κ1) is 5.88. The van der Waals surface area contributed by atoms with Crippen molar-refractivity contribution in [2.75, 3.05) is 0 Å². The van der Waals surface area contributed by atoms with Gasteiger partial charge in [-0.25, -0.2) is 0 Å². The van der Waals surface area contributed by atoms with Crippen LogP contribution in [0.1, 0.15) is 5.56 Å². The Morgan fingerprint density at radius 2 is 2.12 bits per heavy atom. The first-order valence-corrected chi connectivity index (χ1v) is 3.19. The number of benzene rings is 1. The zero-order valence-corrected chi connectivity index (χ0v) is 6.04. The fraction of sp³-hybridized carbons (Fsp3) is 0.143. The summed E-state index contributed by atoms with van der Waals surface area (Å²) >= 11 is 2.66. The van der Waals surface area contributed by atoms with Crippen LogP contribution in [-0.4, -0.2) is 16.3 Å². The fourth-order valence-corrected chi connectivity index (χ4v) is 1.04. The summed E-state index contributed by atoms with van der Waals surface area (Å²) in [6.45, 7) is 2.09. The normalized spacial score (nSPS) is 9.38. The third-order valence-corrected chi connectivity index (χ3v) is 1.40. The van der Waals surface area contributed by atoms with Crippen molar-refractivity contribution in [3.05, 3.63) is 29.8 Å².